The molecular weight excluding hydrogens is 230 g/mol. The quantitative estimate of drug-likeness (QED) is 0.804. The van der Waals surface area contributed by atoms with Crippen molar-refractivity contribution in [3.63, 3.8) is 0 Å². The Hall–Kier alpha value is -1.43. The molecule has 0 aliphatic heterocycles. The van der Waals surface area contributed by atoms with E-state index in [9.17, 15) is 4.79 Å². The number of aryl methyl sites for hydroxylation is 2. The Labute approximate surface area is 107 Å². The van der Waals surface area contributed by atoms with Crippen LogP contribution in [0.5, 0.6) is 0 Å². The van der Waals surface area contributed by atoms with E-state index in [1.807, 2.05) is 11.6 Å². The van der Waals surface area contributed by atoms with Crippen molar-refractivity contribution in [3.8, 4) is 0 Å². The first-order valence-electron chi connectivity index (χ1n) is 6.53. The van der Waals surface area contributed by atoms with Gasteiger partial charge in [-0.1, -0.05) is 13.8 Å². The van der Waals surface area contributed by atoms with Crippen molar-refractivity contribution in [2.75, 3.05) is 0 Å². The first-order valence-corrected chi connectivity index (χ1v) is 6.53. The summed E-state index contributed by atoms with van der Waals surface area (Å²) in [7, 11) is 0. The Bertz CT molecular complexity index is 455. The second kappa shape index (κ2) is 4.68. The normalized spacial score (nSPS) is 27.6. The van der Waals surface area contributed by atoms with Crippen LogP contribution in [0, 0.1) is 0 Å². The molecule has 1 amide bonds. The summed E-state index contributed by atoms with van der Waals surface area (Å²) in [6, 6.07) is 0.144. The molecule has 1 aromatic rings. The fourth-order valence-electron chi connectivity index (χ4n) is 2.57. The van der Waals surface area contributed by atoms with Crippen molar-refractivity contribution < 1.29 is 4.79 Å². The van der Waals surface area contributed by atoms with Crippen LogP contribution in [0.25, 0.3) is 0 Å². The number of primary amides is 1. The number of aromatic nitrogens is 3. The molecule has 1 aliphatic carbocycles. The van der Waals surface area contributed by atoms with Crippen molar-refractivity contribution in [1.82, 2.24) is 14.8 Å². The molecule has 0 aromatic carbocycles. The van der Waals surface area contributed by atoms with Gasteiger partial charge in [0, 0.05) is 12.8 Å². The summed E-state index contributed by atoms with van der Waals surface area (Å²) in [4.78, 5) is 15.8. The number of carbonyl (C=O) groups excluding carboxylic acids is 1. The maximum atomic E-state index is 11.4. The molecule has 18 heavy (non-hydrogen) atoms. The van der Waals surface area contributed by atoms with Crippen LogP contribution in [0.4, 0.5) is 0 Å². The lowest BCUT2D eigenvalue weighted by molar-refractivity contribution is -0.123. The summed E-state index contributed by atoms with van der Waals surface area (Å²) in [6.07, 6.45) is 3.66. The first kappa shape index (κ1) is 13.0. The van der Waals surface area contributed by atoms with E-state index in [0.717, 1.165) is 30.9 Å². The number of nitrogens with two attached hydrogens (primary N) is 2. The molecule has 6 nitrogen and oxygen atoms in total. The Morgan fingerprint density at radius 1 is 1.50 bits per heavy atom. The molecular formula is C12H21N5O. The molecule has 100 valence electrons. The second-order valence-corrected chi connectivity index (χ2v) is 5.01. The van der Waals surface area contributed by atoms with Crippen LogP contribution in [0.2, 0.25) is 0 Å². The molecule has 4 N–H and O–H groups in total. The Morgan fingerprint density at radius 3 is 2.72 bits per heavy atom. The molecule has 1 aromatic heterocycles. The molecule has 1 fully saturated rings. The zero-order chi connectivity index (χ0) is 13.3. The zero-order valence-electron chi connectivity index (χ0n) is 11.0. The largest absolute Gasteiger partial charge is 0.368 e. The molecule has 2 unspecified atom stereocenters. The zero-order valence-corrected chi connectivity index (χ0v) is 11.0. The van der Waals surface area contributed by atoms with Gasteiger partial charge in [0.15, 0.2) is 5.82 Å². The SMILES string of the molecule is CCc1nc(CC)n(C2CCC(N)(C(N)=O)C2)n1. The van der Waals surface area contributed by atoms with Gasteiger partial charge in [-0.15, -0.1) is 0 Å². The number of hydrogen-bond donors (Lipinski definition) is 2. The minimum atomic E-state index is -0.881. The van der Waals surface area contributed by atoms with E-state index in [2.05, 4.69) is 17.0 Å². The van der Waals surface area contributed by atoms with Gasteiger partial charge >= 0.3 is 0 Å². The number of nitrogens with zero attached hydrogens (tertiary/aromatic N) is 3. The first-order chi connectivity index (χ1) is 8.50. The van der Waals surface area contributed by atoms with Gasteiger partial charge in [0.05, 0.1) is 11.6 Å². The van der Waals surface area contributed by atoms with Crippen molar-refractivity contribution in [3.05, 3.63) is 11.6 Å². The van der Waals surface area contributed by atoms with E-state index in [1.54, 1.807) is 0 Å². The Morgan fingerprint density at radius 2 is 2.22 bits per heavy atom. The molecule has 2 atom stereocenters. The number of amides is 1. The highest BCUT2D eigenvalue weighted by Gasteiger charge is 2.42. The van der Waals surface area contributed by atoms with Crippen LogP contribution in [0.3, 0.4) is 0 Å². The highest BCUT2D eigenvalue weighted by Crippen LogP contribution is 2.36. The summed E-state index contributed by atoms with van der Waals surface area (Å²) in [6.45, 7) is 4.09. The van der Waals surface area contributed by atoms with Gasteiger partial charge in [-0.05, 0) is 19.3 Å². The molecule has 0 bridgehead atoms. The van der Waals surface area contributed by atoms with Gasteiger partial charge in [-0.2, -0.15) is 5.10 Å². The average Bonchev–Trinajstić information content (AvgIpc) is 2.92. The van der Waals surface area contributed by atoms with Gasteiger partial charge in [0.25, 0.3) is 0 Å². The number of carbonyl (C=O) groups is 1. The third-order valence-electron chi connectivity index (χ3n) is 3.74. The standard InChI is InChI=1S/C12H21N5O/c1-3-9-15-10(4-2)17(16-9)8-5-6-12(14,7-8)11(13)18/h8H,3-7,14H2,1-2H3,(H2,13,18). The van der Waals surface area contributed by atoms with Crippen LogP contribution >= 0.6 is 0 Å². The summed E-state index contributed by atoms with van der Waals surface area (Å²) >= 11 is 0. The maximum Gasteiger partial charge on any atom is 0.237 e. The van der Waals surface area contributed by atoms with E-state index in [4.69, 9.17) is 11.5 Å². The van der Waals surface area contributed by atoms with E-state index < -0.39 is 11.4 Å². The lowest BCUT2D eigenvalue weighted by Gasteiger charge is -2.19. The lowest BCUT2D eigenvalue weighted by atomic mass is 9.98. The number of rotatable bonds is 4. The van der Waals surface area contributed by atoms with Crippen LogP contribution in [-0.4, -0.2) is 26.2 Å². The summed E-state index contributed by atoms with van der Waals surface area (Å²) < 4.78 is 1.94. The van der Waals surface area contributed by atoms with Crippen molar-refractivity contribution in [2.24, 2.45) is 11.5 Å². The monoisotopic (exact) mass is 251 g/mol. The van der Waals surface area contributed by atoms with Gasteiger partial charge in [-0.3, -0.25) is 4.79 Å². The maximum absolute atomic E-state index is 11.4. The van der Waals surface area contributed by atoms with Crippen LogP contribution in [-0.2, 0) is 17.6 Å². The summed E-state index contributed by atoms with van der Waals surface area (Å²) in [5, 5.41) is 4.50. The van der Waals surface area contributed by atoms with Gasteiger partial charge in [0.1, 0.15) is 5.82 Å². The topological polar surface area (TPSA) is 99.8 Å². The minimum absolute atomic E-state index is 0.144. The molecule has 1 heterocycles. The average molecular weight is 251 g/mol. The fraction of sp³-hybridized carbons (Fsp3) is 0.750. The third-order valence-corrected chi connectivity index (χ3v) is 3.74. The Balaban J connectivity index is 2.23. The predicted molar refractivity (Wildman–Crippen MR) is 67.8 cm³/mol. The van der Waals surface area contributed by atoms with Gasteiger partial charge in [0.2, 0.25) is 5.91 Å². The lowest BCUT2D eigenvalue weighted by Crippen LogP contribution is -2.49. The van der Waals surface area contributed by atoms with Gasteiger partial charge < -0.3 is 11.5 Å². The molecule has 1 saturated carbocycles. The van der Waals surface area contributed by atoms with E-state index in [-0.39, 0.29) is 6.04 Å². The van der Waals surface area contributed by atoms with E-state index in [1.165, 1.54) is 0 Å². The second-order valence-electron chi connectivity index (χ2n) is 5.01. The van der Waals surface area contributed by atoms with E-state index in [0.29, 0.717) is 12.8 Å². The molecule has 6 heteroatoms. The molecule has 0 spiro atoms. The summed E-state index contributed by atoms with van der Waals surface area (Å²) in [5.74, 6) is 1.39. The van der Waals surface area contributed by atoms with Crippen molar-refractivity contribution in [2.45, 2.75) is 57.5 Å². The van der Waals surface area contributed by atoms with Crippen molar-refractivity contribution in [1.29, 1.82) is 0 Å². The summed E-state index contributed by atoms with van der Waals surface area (Å²) in [5.41, 5.74) is 10.5. The Kier molecular flexibility index (Phi) is 3.38. The fourth-order valence-corrected chi connectivity index (χ4v) is 2.57. The molecule has 2 rings (SSSR count). The van der Waals surface area contributed by atoms with E-state index >= 15 is 0 Å². The molecule has 0 radical (unpaired) electrons. The predicted octanol–water partition coefficient (Wildman–Crippen LogP) is 0.311. The van der Waals surface area contributed by atoms with Gasteiger partial charge in [-0.25, -0.2) is 9.67 Å². The van der Waals surface area contributed by atoms with Crippen LogP contribution < -0.4 is 11.5 Å². The highest BCUT2D eigenvalue weighted by molar-refractivity contribution is 5.84. The highest BCUT2D eigenvalue weighted by atomic mass is 16.1. The molecule has 1 aliphatic rings. The van der Waals surface area contributed by atoms with Crippen LogP contribution in [0.15, 0.2) is 0 Å². The molecule has 0 saturated heterocycles. The van der Waals surface area contributed by atoms with Crippen LogP contribution in [0.1, 0.15) is 50.8 Å². The smallest absolute Gasteiger partial charge is 0.237 e. The third kappa shape index (κ3) is 2.12. The number of hydrogen-bond acceptors (Lipinski definition) is 4. The van der Waals surface area contributed by atoms with Crippen molar-refractivity contribution >= 4 is 5.91 Å². The minimum Gasteiger partial charge on any atom is -0.368 e.